The molecule has 66 valence electrons. The molecule has 1 heterocycles. The van der Waals surface area contributed by atoms with Gasteiger partial charge in [0.2, 0.25) is 0 Å². The van der Waals surface area contributed by atoms with Crippen molar-refractivity contribution in [2.75, 3.05) is 12.8 Å². The molecule has 0 spiro atoms. The molecule has 1 aromatic heterocycles. The highest BCUT2D eigenvalue weighted by Crippen LogP contribution is 2.14. The smallest absolute Gasteiger partial charge is 0.0326 e. The summed E-state index contributed by atoms with van der Waals surface area (Å²) in [6, 6.07) is 4.47. The SMILES string of the molecule is CNC(CCS)c1ccncc1. The molecular weight excluding hydrogens is 168 g/mol. The molecule has 0 amide bonds. The first-order chi connectivity index (χ1) is 5.88. The zero-order chi connectivity index (χ0) is 8.81. The normalized spacial score (nSPS) is 12.8. The fraction of sp³-hybridized carbons (Fsp3) is 0.444. The molecule has 0 saturated carbocycles. The quantitative estimate of drug-likeness (QED) is 0.692. The van der Waals surface area contributed by atoms with Crippen molar-refractivity contribution in [1.82, 2.24) is 10.3 Å². The monoisotopic (exact) mass is 182 g/mol. The summed E-state index contributed by atoms with van der Waals surface area (Å²) in [7, 11) is 1.97. The van der Waals surface area contributed by atoms with Gasteiger partial charge in [0.15, 0.2) is 0 Å². The van der Waals surface area contributed by atoms with Crippen molar-refractivity contribution in [3.8, 4) is 0 Å². The highest BCUT2D eigenvalue weighted by molar-refractivity contribution is 7.80. The van der Waals surface area contributed by atoms with Gasteiger partial charge in [0.25, 0.3) is 0 Å². The van der Waals surface area contributed by atoms with Crippen molar-refractivity contribution in [1.29, 1.82) is 0 Å². The number of pyridine rings is 1. The molecule has 0 aliphatic heterocycles. The van der Waals surface area contributed by atoms with Crippen LogP contribution in [0.15, 0.2) is 24.5 Å². The van der Waals surface area contributed by atoms with E-state index in [4.69, 9.17) is 0 Å². The number of nitrogens with zero attached hydrogens (tertiary/aromatic N) is 1. The summed E-state index contributed by atoms with van der Waals surface area (Å²) in [5, 5.41) is 3.24. The van der Waals surface area contributed by atoms with Gasteiger partial charge in [-0.1, -0.05) is 0 Å². The zero-order valence-electron chi connectivity index (χ0n) is 7.20. The summed E-state index contributed by atoms with van der Waals surface area (Å²) in [6.45, 7) is 0. The molecule has 0 fully saturated rings. The Labute approximate surface area is 78.8 Å². The minimum atomic E-state index is 0.408. The van der Waals surface area contributed by atoms with Gasteiger partial charge in [0.1, 0.15) is 0 Å². The lowest BCUT2D eigenvalue weighted by Crippen LogP contribution is -2.16. The van der Waals surface area contributed by atoms with Crippen LogP contribution in [0.1, 0.15) is 18.0 Å². The summed E-state index contributed by atoms with van der Waals surface area (Å²) < 4.78 is 0. The summed E-state index contributed by atoms with van der Waals surface area (Å²) in [5.41, 5.74) is 1.28. The summed E-state index contributed by atoms with van der Waals surface area (Å²) in [5.74, 6) is 0.897. The van der Waals surface area contributed by atoms with Gasteiger partial charge < -0.3 is 5.32 Å². The molecule has 2 nitrogen and oxygen atoms in total. The van der Waals surface area contributed by atoms with Crippen LogP contribution in [-0.2, 0) is 0 Å². The number of aromatic nitrogens is 1. The fourth-order valence-corrected chi connectivity index (χ4v) is 1.46. The molecule has 1 rings (SSSR count). The van der Waals surface area contributed by atoms with E-state index in [9.17, 15) is 0 Å². The topological polar surface area (TPSA) is 24.9 Å². The molecule has 0 radical (unpaired) electrons. The lowest BCUT2D eigenvalue weighted by molar-refractivity contribution is 0.581. The van der Waals surface area contributed by atoms with Gasteiger partial charge in [-0.3, -0.25) is 4.98 Å². The van der Waals surface area contributed by atoms with E-state index in [1.807, 2.05) is 31.6 Å². The second kappa shape index (κ2) is 5.17. The number of nitrogens with one attached hydrogen (secondary N) is 1. The molecule has 1 unspecified atom stereocenters. The van der Waals surface area contributed by atoms with E-state index in [-0.39, 0.29) is 0 Å². The first-order valence-electron chi connectivity index (χ1n) is 4.06. The van der Waals surface area contributed by atoms with Crippen LogP contribution in [-0.4, -0.2) is 17.8 Å². The van der Waals surface area contributed by atoms with Crippen LogP contribution in [0.2, 0.25) is 0 Å². The summed E-state index contributed by atoms with van der Waals surface area (Å²) >= 11 is 4.21. The maximum absolute atomic E-state index is 4.21. The van der Waals surface area contributed by atoms with Crippen LogP contribution in [0.3, 0.4) is 0 Å². The number of rotatable bonds is 4. The van der Waals surface area contributed by atoms with Crippen LogP contribution in [0.5, 0.6) is 0 Å². The largest absolute Gasteiger partial charge is 0.313 e. The minimum Gasteiger partial charge on any atom is -0.313 e. The van der Waals surface area contributed by atoms with Crippen LogP contribution in [0, 0.1) is 0 Å². The Balaban J connectivity index is 2.66. The van der Waals surface area contributed by atoms with E-state index in [0.717, 1.165) is 12.2 Å². The lowest BCUT2D eigenvalue weighted by atomic mass is 10.1. The lowest BCUT2D eigenvalue weighted by Gasteiger charge is -2.14. The molecule has 1 atom stereocenters. The van der Waals surface area contributed by atoms with Crippen molar-refractivity contribution in [2.45, 2.75) is 12.5 Å². The van der Waals surface area contributed by atoms with Crippen molar-refractivity contribution in [2.24, 2.45) is 0 Å². The predicted octanol–water partition coefficient (Wildman–Crippen LogP) is 1.66. The Bertz CT molecular complexity index is 213. The van der Waals surface area contributed by atoms with Gasteiger partial charge in [-0.2, -0.15) is 12.6 Å². The van der Waals surface area contributed by atoms with Crippen molar-refractivity contribution in [3.05, 3.63) is 30.1 Å². The zero-order valence-corrected chi connectivity index (χ0v) is 8.09. The van der Waals surface area contributed by atoms with Crippen LogP contribution in [0.4, 0.5) is 0 Å². The van der Waals surface area contributed by atoms with Crippen LogP contribution >= 0.6 is 12.6 Å². The van der Waals surface area contributed by atoms with E-state index in [2.05, 4.69) is 22.9 Å². The van der Waals surface area contributed by atoms with Gasteiger partial charge in [-0.05, 0) is 36.9 Å². The molecule has 0 saturated heterocycles. The molecule has 12 heavy (non-hydrogen) atoms. The van der Waals surface area contributed by atoms with Crippen molar-refractivity contribution in [3.63, 3.8) is 0 Å². The van der Waals surface area contributed by atoms with E-state index in [1.54, 1.807) is 0 Å². The van der Waals surface area contributed by atoms with Gasteiger partial charge in [0, 0.05) is 18.4 Å². The van der Waals surface area contributed by atoms with Gasteiger partial charge in [-0.15, -0.1) is 0 Å². The molecule has 0 aromatic carbocycles. The predicted molar refractivity (Wildman–Crippen MR) is 54.5 cm³/mol. The van der Waals surface area contributed by atoms with Gasteiger partial charge >= 0.3 is 0 Å². The molecular formula is C9H14N2S. The Hall–Kier alpha value is -0.540. The highest BCUT2D eigenvalue weighted by Gasteiger charge is 2.05. The number of thiol groups is 1. The summed E-state index contributed by atoms with van der Waals surface area (Å²) in [4.78, 5) is 3.98. The Morgan fingerprint density at radius 3 is 2.67 bits per heavy atom. The third-order valence-corrected chi connectivity index (χ3v) is 2.13. The number of hydrogen-bond donors (Lipinski definition) is 2. The Kier molecular flexibility index (Phi) is 4.11. The molecule has 0 bridgehead atoms. The molecule has 0 aliphatic carbocycles. The first-order valence-corrected chi connectivity index (χ1v) is 4.69. The fourth-order valence-electron chi connectivity index (χ4n) is 1.20. The van der Waals surface area contributed by atoms with E-state index < -0.39 is 0 Å². The Morgan fingerprint density at radius 1 is 1.50 bits per heavy atom. The standard InChI is InChI=1S/C9H14N2S/c1-10-9(4-7-12)8-2-5-11-6-3-8/h2-3,5-6,9-10,12H,4,7H2,1H3. The average molecular weight is 182 g/mol. The van der Waals surface area contributed by atoms with Gasteiger partial charge in [-0.25, -0.2) is 0 Å². The molecule has 0 aliphatic rings. The second-order valence-electron chi connectivity index (χ2n) is 2.63. The third-order valence-electron chi connectivity index (χ3n) is 1.87. The maximum atomic E-state index is 4.21. The van der Waals surface area contributed by atoms with E-state index >= 15 is 0 Å². The Morgan fingerprint density at radius 2 is 2.17 bits per heavy atom. The maximum Gasteiger partial charge on any atom is 0.0326 e. The number of hydrogen-bond acceptors (Lipinski definition) is 3. The van der Waals surface area contributed by atoms with Crippen LogP contribution < -0.4 is 5.32 Å². The molecule has 1 N–H and O–H groups in total. The third kappa shape index (κ3) is 2.50. The summed E-state index contributed by atoms with van der Waals surface area (Å²) in [6.07, 6.45) is 4.68. The van der Waals surface area contributed by atoms with E-state index in [0.29, 0.717) is 6.04 Å². The molecule has 1 aromatic rings. The highest BCUT2D eigenvalue weighted by atomic mass is 32.1. The molecule has 3 heteroatoms. The first kappa shape index (κ1) is 9.55. The van der Waals surface area contributed by atoms with Gasteiger partial charge in [0.05, 0.1) is 0 Å². The van der Waals surface area contributed by atoms with Crippen LogP contribution in [0.25, 0.3) is 0 Å². The minimum absolute atomic E-state index is 0.408. The van der Waals surface area contributed by atoms with Crippen molar-refractivity contribution >= 4 is 12.6 Å². The van der Waals surface area contributed by atoms with E-state index in [1.165, 1.54) is 5.56 Å². The average Bonchev–Trinajstić information content (AvgIpc) is 2.15. The van der Waals surface area contributed by atoms with Crippen molar-refractivity contribution < 1.29 is 0 Å². The second-order valence-corrected chi connectivity index (χ2v) is 3.08.